The van der Waals surface area contributed by atoms with Gasteiger partial charge in [0, 0.05) is 37.8 Å². The molecular formula is C18H15F5N2O. The number of carbonyl (C=O) groups is 1. The van der Waals surface area contributed by atoms with Gasteiger partial charge in [-0.05, 0) is 36.4 Å². The van der Waals surface area contributed by atoms with Gasteiger partial charge < -0.3 is 9.80 Å². The zero-order valence-electron chi connectivity index (χ0n) is 13.6. The first-order chi connectivity index (χ1) is 12.3. The van der Waals surface area contributed by atoms with Crippen LogP contribution in [0.15, 0.2) is 42.5 Å². The van der Waals surface area contributed by atoms with Crippen LogP contribution in [0.25, 0.3) is 0 Å². The van der Waals surface area contributed by atoms with Gasteiger partial charge in [-0.1, -0.05) is 0 Å². The van der Waals surface area contributed by atoms with Gasteiger partial charge in [-0.25, -0.2) is 8.78 Å². The van der Waals surface area contributed by atoms with Gasteiger partial charge in [-0.15, -0.1) is 0 Å². The highest BCUT2D eigenvalue weighted by atomic mass is 19.4. The molecule has 0 atom stereocenters. The summed E-state index contributed by atoms with van der Waals surface area (Å²) in [5, 5.41) is 0. The van der Waals surface area contributed by atoms with Crippen molar-refractivity contribution < 1.29 is 26.7 Å². The molecule has 0 unspecified atom stereocenters. The minimum absolute atomic E-state index is 0.166. The minimum Gasteiger partial charge on any atom is -0.366 e. The molecule has 3 nitrogen and oxygen atoms in total. The van der Waals surface area contributed by atoms with Crippen LogP contribution in [-0.4, -0.2) is 37.0 Å². The number of hydrogen-bond donors (Lipinski definition) is 0. The highest BCUT2D eigenvalue weighted by molar-refractivity contribution is 5.94. The Labute approximate surface area is 146 Å². The van der Waals surface area contributed by atoms with E-state index in [0.717, 1.165) is 36.4 Å². The Kier molecular flexibility index (Phi) is 4.84. The molecule has 1 heterocycles. The van der Waals surface area contributed by atoms with Crippen LogP contribution in [0.5, 0.6) is 0 Å². The predicted octanol–water partition coefficient (Wildman–Crippen LogP) is 3.95. The highest BCUT2D eigenvalue weighted by Crippen LogP contribution is 2.29. The summed E-state index contributed by atoms with van der Waals surface area (Å²) < 4.78 is 64.6. The van der Waals surface area contributed by atoms with Crippen LogP contribution in [0.2, 0.25) is 0 Å². The van der Waals surface area contributed by atoms with Crippen LogP contribution < -0.4 is 4.90 Å². The first-order valence-corrected chi connectivity index (χ1v) is 7.92. The van der Waals surface area contributed by atoms with Crippen molar-refractivity contribution in [1.29, 1.82) is 0 Å². The number of nitrogens with zero attached hydrogens (tertiary/aromatic N) is 2. The van der Waals surface area contributed by atoms with Crippen molar-refractivity contribution in [3.05, 3.63) is 65.2 Å². The molecule has 138 valence electrons. The monoisotopic (exact) mass is 370 g/mol. The molecule has 26 heavy (non-hydrogen) atoms. The summed E-state index contributed by atoms with van der Waals surface area (Å²) in [5.41, 5.74) is -0.391. The first-order valence-electron chi connectivity index (χ1n) is 7.92. The average Bonchev–Trinajstić information content (AvgIpc) is 2.61. The van der Waals surface area contributed by atoms with Crippen molar-refractivity contribution in [2.45, 2.75) is 6.18 Å². The summed E-state index contributed by atoms with van der Waals surface area (Å²) in [6.07, 6.45) is -4.45. The molecule has 0 spiro atoms. The maximum Gasteiger partial charge on any atom is 0.416 e. The van der Waals surface area contributed by atoms with Gasteiger partial charge in [-0.2, -0.15) is 13.2 Å². The normalized spacial score (nSPS) is 15.3. The molecule has 0 bridgehead atoms. The van der Waals surface area contributed by atoms with Crippen LogP contribution in [0.4, 0.5) is 27.6 Å². The number of halogens is 5. The molecule has 0 aliphatic carbocycles. The van der Waals surface area contributed by atoms with Crippen molar-refractivity contribution in [2.75, 3.05) is 31.1 Å². The summed E-state index contributed by atoms with van der Waals surface area (Å²) >= 11 is 0. The zero-order valence-corrected chi connectivity index (χ0v) is 13.6. The summed E-state index contributed by atoms with van der Waals surface area (Å²) in [6, 6.07) is 7.36. The van der Waals surface area contributed by atoms with E-state index in [9.17, 15) is 26.7 Å². The smallest absolute Gasteiger partial charge is 0.366 e. The van der Waals surface area contributed by atoms with Crippen LogP contribution in [0.3, 0.4) is 0 Å². The van der Waals surface area contributed by atoms with Crippen molar-refractivity contribution in [2.24, 2.45) is 0 Å². The van der Waals surface area contributed by atoms with Crippen LogP contribution in [0, 0.1) is 11.6 Å². The summed E-state index contributed by atoms with van der Waals surface area (Å²) in [5.74, 6) is -1.71. The lowest BCUT2D eigenvalue weighted by atomic mass is 10.1. The van der Waals surface area contributed by atoms with Crippen molar-refractivity contribution in [3.8, 4) is 0 Å². The molecule has 1 saturated heterocycles. The van der Waals surface area contributed by atoms with E-state index >= 15 is 0 Å². The Balaban J connectivity index is 1.65. The van der Waals surface area contributed by atoms with Gasteiger partial charge >= 0.3 is 6.18 Å². The third-order valence-electron chi connectivity index (χ3n) is 4.28. The molecule has 0 radical (unpaired) electrons. The molecule has 3 rings (SSSR count). The van der Waals surface area contributed by atoms with E-state index in [1.165, 1.54) is 11.0 Å². The number of anilines is 1. The van der Waals surface area contributed by atoms with E-state index in [-0.39, 0.29) is 30.2 Å². The lowest BCUT2D eigenvalue weighted by molar-refractivity contribution is -0.137. The van der Waals surface area contributed by atoms with Gasteiger partial charge in [-0.3, -0.25) is 4.79 Å². The average molecular weight is 370 g/mol. The van der Waals surface area contributed by atoms with Crippen LogP contribution in [-0.2, 0) is 6.18 Å². The first kappa shape index (κ1) is 18.2. The molecule has 0 aromatic heterocycles. The van der Waals surface area contributed by atoms with Gasteiger partial charge in [0.25, 0.3) is 5.91 Å². The number of amides is 1. The molecule has 0 N–H and O–H groups in total. The number of rotatable bonds is 2. The quantitative estimate of drug-likeness (QED) is 0.748. The molecular weight excluding hydrogens is 355 g/mol. The second-order valence-electron chi connectivity index (χ2n) is 5.95. The molecule has 2 aromatic carbocycles. The van der Waals surface area contributed by atoms with Gasteiger partial charge in [0.1, 0.15) is 11.6 Å². The Morgan fingerprint density at radius 1 is 0.885 bits per heavy atom. The summed E-state index contributed by atoms with van der Waals surface area (Å²) in [4.78, 5) is 15.6. The molecule has 1 fully saturated rings. The molecule has 1 aliphatic rings. The third-order valence-corrected chi connectivity index (χ3v) is 4.28. The van der Waals surface area contributed by atoms with Crippen molar-refractivity contribution in [1.82, 2.24) is 4.90 Å². The number of hydrogen-bond acceptors (Lipinski definition) is 2. The number of benzene rings is 2. The minimum atomic E-state index is -4.45. The molecule has 0 saturated carbocycles. The van der Waals surface area contributed by atoms with E-state index in [0.29, 0.717) is 13.1 Å². The SMILES string of the molecule is O=C(c1ccc(C(F)(F)F)cc1)N1CCN(c2ccc(F)cc2F)CC1. The number of piperazine rings is 1. The fraction of sp³-hybridized carbons (Fsp3) is 0.278. The van der Waals surface area contributed by atoms with Gasteiger partial charge in [0.2, 0.25) is 0 Å². The summed E-state index contributed by atoms with van der Waals surface area (Å²) in [6.45, 7) is 1.26. The number of carbonyl (C=O) groups excluding carboxylic acids is 1. The maximum atomic E-state index is 13.8. The largest absolute Gasteiger partial charge is 0.416 e. The van der Waals surface area contributed by atoms with Crippen LogP contribution >= 0.6 is 0 Å². The fourth-order valence-electron chi connectivity index (χ4n) is 2.87. The number of alkyl halides is 3. The Morgan fingerprint density at radius 3 is 2.04 bits per heavy atom. The van der Waals surface area contributed by atoms with Crippen molar-refractivity contribution >= 4 is 11.6 Å². The highest BCUT2D eigenvalue weighted by Gasteiger charge is 2.31. The van der Waals surface area contributed by atoms with Crippen molar-refractivity contribution in [3.63, 3.8) is 0 Å². The fourth-order valence-corrected chi connectivity index (χ4v) is 2.87. The second kappa shape index (κ2) is 6.93. The predicted molar refractivity (Wildman–Crippen MR) is 85.9 cm³/mol. The van der Waals surface area contributed by atoms with E-state index in [2.05, 4.69) is 0 Å². The van der Waals surface area contributed by atoms with E-state index in [4.69, 9.17) is 0 Å². The summed E-state index contributed by atoms with van der Waals surface area (Å²) in [7, 11) is 0. The van der Waals surface area contributed by atoms with E-state index in [1.807, 2.05) is 0 Å². The third kappa shape index (κ3) is 3.79. The second-order valence-corrected chi connectivity index (χ2v) is 5.95. The molecule has 2 aromatic rings. The Morgan fingerprint density at radius 2 is 1.50 bits per heavy atom. The molecule has 1 aliphatic heterocycles. The standard InChI is InChI=1S/C18H15F5N2O/c19-14-5-6-16(15(20)11-14)24-7-9-25(10-8-24)17(26)12-1-3-13(4-2-12)18(21,22)23/h1-6,11H,7-10H2. The van der Waals surface area contributed by atoms with Crippen LogP contribution in [0.1, 0.15) is 15.9 Å². The van der Waals surface area contributed by atoms with E-state index < -0.39 is 23.4 Å². The lowest BCUT2D eigenvalue weighted by Crippen LogP contribution is -2.49. The topological polar surface area (TPSA) is 23.6 Å². The lowest BCUT2D eigenvalue weighted by Gasteiger charge is -2.36. The Hall–Kier alpha value is -2.64. The maximum absolute atomic E-state index is 13.8. The molecule has 8 heteroatoms. The van der Waals surface area contributed by atoms with Gasteiger partial charge in [0.15, 0.2) is 0 Å². The molecule has 1 amide bonds. The Bertz CT molecular complexity index is 796. The van der Waals surface area contributed by atoms with E-state index in [1.54, 1.807) is 4.90 Å². The van der Waals surface area contributed by atoms with Gasteiger partial charge in [0.05, 0.1) is 11.3 Å². The zero-order chi connectivity index (χ0) is 18.9.